The lowest BCUT2D eigenvalue weighted by Crippen LogP contribution is -2.50. The van der Waals surface area contributed by atoms with Crippen molar-refractivity contribution in [3.05, 3.63) is 54.1 Å². The number of benzene rings is 2. The van der Waals surface area contributed by atoms with E-state index in [1.165, 1.54) is 0 Å². The van der Waals surface area contributed by atoms with Crippen molar-refractivity contribution in [3.63, 3.8) is 0 Å². The highest BCUT2D eigenvalue weighted by Gasteiger charge is 2.29. The zero-order valence-corrected chi connectivity index (χ0v) is 18.9. The maximum absolute atomic E-state index is 12.7. The molecule has 30 heavy (non-hydrogen) atoms. The third kappa shape index (κ3) is 6.38. The number of amides is 1. The summed E-state index contributed by atoms with van der Waals surface area (Å²) in [7, 11) is -2.06. The average Bonchev–Trinajstić information content (AvgIpc) is 2.72. The molecule has 2 aromatic rings. The van der Waals surface area contributed by atoms with E-state index in [1.807, 2.05) is 19.1 Å². The Morgan fingerprint density at radius 1 is 1.03 bits per heavy atom. The summed E-state index contributed by atoms with van der Waals surface area (Å²) in [6, 6.07) is 13.1. The van der Waals surface area contributed by atoms with Gasteiger partial charge in [-0.1, -0.05) is 19.1 Å². The highest BCUT2D eigenvalue weighted by molar-refractivity contribution is 7.92. The Morgan fingerprint density at radius 2 is 1.60 bits per heavy atom. The number of sulfonamides is 1. The zero-order valence-electron chi connectivity index (χ0n) is 18.1. The molecule has 1 amide bonds. The third-order valence-electron chi connectivity index (χ3n) is 4.64. The molecule has 164 valence electrons. The van der Waals surface area contributed by atoms with E-state index in [9.17, 15) is 13.2 Å². The van der Waals surface area contributed by atoms with Crippen molar-refractivity contribution in [2.24, 2.45) is 0 Å². The van der Waals surface area contributed by atoms with Crippen molar-refractivity contribution in [2.75, 3.05) is 24.3 Å². The summed E-state index contributed by atoms with van der Waals surface area (Å²) in [5.74, 6) is 0.981. The quantitative estimate of drug-likeness (QED) is 0.621. The summed E-state index contributed by atoms with van der Waals surface area (Å²) in [6.45, 7) is 5.64. The molecule has 0 spiro atoms. The molecular formula is C22H30N2O5S. The molecule has 0 aliphatic rings. The Hall–Kier alpha value is -2.74. The number of hydrogen-bond donors (Lipinski definition) is 1. The summed E-state index contributed by atoms with van der Waals surface area (Å²) >= 11 is 0. The van der Waals surface area contributed by atoms with Crippen LogP contribution >= 0.6 is 0 Å². The standard InChI is InChI=1S/C22H30N2O5S/c1-6-18-7-9-19(10-8-18)24(30(5,26)27)17(3)22(25)23-16(2)15-29-21-13-11-20(28-4)12-14-21/h7-14,16-17H,6,15H2,1-5H3,(H,23,25)/t16-,17-/m1/s1. The van der Waals surface area contributed by atoms with Crippen LogP contribution in [0.15, 0.2) is 48.5 Å². The number of aryl methyl sites for hydroxylation is 1. The molecule has 8 heteroatoms. The largest absolute Gasteiger partial charge is 0.497 e. The first-order valence-electron chi connectivity index (χ1n) is 9.81. The molecule has 0 heterocycles. The van der Waals surface area contributed by atoms with Gasteiger partial charge in [0.05, 0.1) is 25.1 Å². The molecule has 0 saturated carbocycles. The first kappa shape index (κ1) is 23.5. The summed E-state index contributed by atoms with van der Waals surface area (Å²) in [5.41, 5.74) is 1.55. The summed E-state index contributed by atoms with van der Waals surface area (Å²) in [6.07, 6.45) is 1.95. The molecule has 1 N–H and O–H groups in total. The Labute approximate surface area is 179 Å². The fourth-order valence-corrected chi connectivity index (χ4v) is 4.16. The molecule has 0 aromatic heterocycles. The van der Waals surface area contributed by atoms with Crippen LogP contribution < -0.4 is 19.1 Å². The van der Waals surface area contributed by atoms with Crippen LogP contribution in [-0.4, -0.2) is 46.4 Å². The van der Waals surface area contributed by atoms with Gasteiger partial charge in [-0.3, -0.25) is 9.10 Å². The van der Waals surface area contributed by atoms with Crippen LogP contribution in [0.2, 0.25) is 0 Å². The molecule has 0 aliphatic carbocycles. The van der Waals surface area contributed by atoms with Gasteiger partial charge in [0.2, 0.25) is 15.9 Å². The van der Waals surface area contributed by atoms with Crippen molar-refractivity contribution < 1.29 is 22.7 Å². The molecule has 0 unspecified atom stereocenters. The second-order valence-electron chi connectivity index (χ2n) is 7.15. The molecule has 2 aromatic carbocycles. The van der Waals surface area contributed by atoms with Crippen molar-refractivity contribution in [1.29, 1.82) is 0 Å². The lowest BCUT2D eigenvalue weighted by Gasteiger charge is -2.29. The van der Waals surface area contributed by atoms with Gasteiger partial charge in [-0.05, 0) is 62.2 Å². The Kier molecular flexibility index (Phi) is 8.11. The molecule has 0 saturated heterocycles. The molecular weight excluding hydrogens is 404 g/mol. The van der Waals surface area contributed by atoms with Gasteiger partial charge < -0.3 is 14.8 Å². The van der Waals surface area contributed by atoms with Crippen LogP contribution in [0.25, 0.3) is 0 Å². The van der Waals surface area contributed by atoms with Gasteiger partial charge in [-0.25, -0.2) is 8.42 Å². The fraction of sp³-hybridized carbons (Fsp3) is 0.409. The SMILES string of the molecule is CCc1ccc(N([C@H](C)C(=O)N[C@H](C)COc2ccc(OC)cc2)S(C)(=O)=O)cc1. The molecule has 0 aliphatic heterocycles. The Bertz CT molecular complexity index is 927. The lowest BCUT2D eigenvalue weighted by atomic mass is 10.1. The Balaban J connectivity index is 2.02. The maximum atomic E-state index is 12.7. The van der Waals surface area contributed by atoms with E-state index < -0.39 is 22.0 Å². The summed E-state index contributed by atoms with van der Waals surface area (Å²) < 4.78 is 36.7. The second kappa shape index (κ2) is 10.3. The number of hydrogen-bond acceptors (Lipinski definition) is 5. The molecule has 2 rings (SSSR count). The number of ether oxygens (including phenoxy) is 2. The number of nitrogens with one attached hydrogen (secondary N) is 1. The van der Waals surface area contributed by atoms with Gasteiger partial charge in [0.25, 0.3) is 0 Å². The number of anilines is 1. The molecule has 0 fully saturated rings. The highest BCUT2D eigenvalue weighted by atomic mass is 32.2. The van der Waals surface area contributed by atoms with Gasteiger partial charge >= 0.3 is 0 Å². The normalized spacial score (nSPS) is 13.2. The van der Waals surface area contributed by atoms with Crippen molar-refractivity contribution in [2.45, 2.75) is 39.3 Å². The van der Waals surface area contributed by atoms with Crippen LogP contribution in [0, 0.1) is 0 Å². The van der Waals surface area contributed by atoms with Crippen molar-refractivity contribution >= 4 is 21.6 Å². The van der Waals surface area contributed by atoms with Crippen molar-refractivity contribution in [3.8, 4) is 11.5 Å². The monoisotopic (exact) mass is 434 g/mol. The minimum absolute atomic E-state index is 0.245. The highest BCUT2D eigenvalue weighted by Crippen LogP contribution is 2.22. The first-order chi connectivity index (χ1) is 14.2. The number of methoxy groups -OCH3 is 1. The number of carbonyl (C=O) groups is 1. The summed E-state index contributed by atoms with van der Waals surface area (Å²) in [4.78, 5) is 12.7. The summed E-state index contributed by atoms with van der Waals surface area (Å²) in [5, 5.41) is 2.82. The predicted molar refractivity (Wildman–Crippen MR) is 119 cm³/mol. The van der Waals surface area contributed by atoms with Gasteiger partial charge in [0.15, 0.2) is 0 Å². The van der Waals surface area contributed by atoms with Crippen LogP contribution in [0.1, 0.15) is 26.3 Å². The van der Waals surface area contributed by atoms with E-state index in [-0.39, 0.29) is 12.6 Å². The molecule has 0 bridgehead atoms. The van der Waals surface area contributed by atoms with E-state index in [2.05, 4.69) is 5.32 Å². The van der Waals surface area contributed by atoms with Crippen LogP contribution in [0.4, 0.5) is 5.69 Å². The van der Waals surface area contributed by atoms with Crippen molar-refractivity contribution in [1.82, 2.24) is 5.32 Å². The Morgan fingerprint density at radius 3 is 2.10 bits per heavy atom. The van der Waals surface area contributed by atoms with Gasteiger partial charge in [0, 0.05) is 0 Å². The average molecular weight is 435 g/mol. The minimum atomic E-state index is -3.65. The molecule has 2 atom stereocenters. The van der Waals surface area contributed by atoms with Crippen LogP contribution in [-0.2, 0) is 21.2 Å². The number of carbonyl (C=O) groups excluding carboxylic acids is 1. The molecule has 7 nitrogen and oxygen atoms in total. The zero-order chi connectivity index (χ0) is 22.3. The van der Waals surface area contributed by atoms with E-state index in [1.54, 1.807) is 57.4 Å². The van der Waals surface area contributed by atoms with E-state index in [4.69, 9.17) is 9.47 Å². The number of rotatable bonds is 10. The van der Waals surface area contributed by atoms with Crippen LogP contribution in [0.3, 0.4) is 0 Å². The number of nitrogens with zero attached hydrogens (tertiary/aromatic N) is 1. The van der Waals surface area contributed by atoms with Gasteiger partial charge in [-0.15, -0.1) is 0 Å². The van der Waals surface area contributed by atoms with Gasteiger partial charge in [-0.2, -0.15) is 0 Å². The topological polar surface area (TPSA) is 84.9 Å². The lowest BCUT2D eigenvalue weighted by molar-refractivity contribution is -0.122. The molecule has 0 radical (unpaired) electrons. The fourth-order valence-electron chi connectivity index (χ4n) is 2.99. The minimum Gasteiger partial charge on any atom is -0.497 e. The third-order valence-corrected chi connectivity index (χ3v) is 5.88. The first-order valence-corrected chi connectivity index (χ1v) is 11.7. The van der Waals surface area contributed by atoms with Crippen LogP contribution in [0.5, 0.6) is 11.5 Å². The van der Waals surface area contributed by atoms with E-state index in [0.717, 1.165) is 28.3 Å². The van der Waals surface area contributed by atoms with Gasteiger partial charge in [0.1, 0.15) is 24.1 Å². The smallest absolute Gasteiger partial charge is 0.243 e. The second-order valence-corrected chi connectivity index (χ2v) is 9.01. The maximum Gasteiger partial charge on any atom is 0.243 e. The van der Waals surface area contributed by atoms with E-state index >= 15 is 0 Å². The predicted octanol–water partition coefficient (Wildman–Crippen LogP) is 3.00. The van der Waals surface area contributed by atoms with E-state index in [0.29, 0.717) is 11.4 Å².